The SMILES string of the molecule is Cc1ccc2[nH]c(C3CCN(C(=O)OCC(C)C)CC3)c(C)c2c1. The lowest BCUT2D eigenvalue weighted by atomic mass is 9.91. The summed E-state index contributed by atoms with van der Waals surface area (Å²) in [7, 11) is 0. The zero-order chi connectivity index (χ0) is 17.3. The minimum Gasteiger partial charge on any atom is -0.449 e. The summed E-state index contributed by atoms with van der Waals surface area (Å²) in [6.07, 6.45) is 1.82. The number of aryl methyl sites for hydroxylation is 2. The van der Waals surface area contributed by atoms with Crippen molar-refractivity contribution in [1.29, 1.82) is 0 Å². The van der Waals surface area contributed by atoms with E-state index in [1.807, 2.05) is 4.90 Å². The first kappa shape index (κ1) is 16.9. The number of rotatable bonds is 3. The monoisotopic (exact) mass is 328 g/mol. The van der Waals surface area contributed by atoms with Gasteiger partial charge in [-0.1, -0.05) is 25.5 Å². The molecule has 1 saturated heterocycles. The Kier molecular flexibility index (Phi) is 4.83. The summed E-state index contributed by atoms with van der Waals surface area (Å²) in [6.45, 7) is 10.5. The number of carbonyl (C=O) groups excluding carboxylic acids is 1. The number of benzene rings is 1. The van der Waals surface area contributed by atoms with Gasteiger partial charge < -0.3 is 14.6 Å². The Morgan fingerprint density at radius 3 is 2.67 bits per heavy atom. The van der Waals surface area contributed by atoms with Crippen LogP contribution in [0.25, 0.3) is 10.9 Å². The van der Waals surface area contributed by atoms with E-state index in [1.165, 1.54) is 27.7 Å². The van der Waals surface area contributed by atoms with Crippen LogP contribution in [0.2, 0.25) is 0 Å². The van der Waals surface area contributed by atoms with Crippen molar-refractivity contribution in [3.63, 3.8) is 0 Å². The van der Waals surface area contributed by atoms with E-state index in [4.69, 9.17) is 4.74 Å². The van der Waals surface area contributed by atoms with Crippen molar-refractivity contribution in [3.05, 3.63) is 35.0 Å². The minimum absolute atomic E-state index is 0.161. The van der Waals surface area contributed by atoms with Crippen molar-refractivity contribution >= 4 is 17.0 Å². The Balaban J connectivity index is 1.67. The second-order valence-electron chi connectivity index (χ2n) is 7.44. The van der Waals surface area contributed by atoms with Crippen LogP contribution < -0.4 is 0 Å². The van der Waals surface area contributed by atoms with Gasteiger partial charge in [-0.05, 0) is 50.3 Å². The third kappa shape index (κ3) is 3.42. The number of hydrogen-bond acceptors (Lipinski definition) is 2. The number of fused-ring (bicyclic) bond motifs is 1. The Hall–Kier alpha value is -1.97. The van der Waals surface area contributed by atoms with Crippen LogP contribution in [-0.4, -0.2) is 35.7 Å². The first-order chi connectivity index (χ1) is 11.5. The molecule has 1 aromatic carbocycles. The van der Waals surface area contributed by atoms with Gasteiger partial charge in [0, 0.05) is 35.6 Å². The van der Waals surface area contributed by atoms with E-state index in [0.29, 0.717) is 18.4 Å². The molecule has 0 aliphatic carbocycles. The van der Waals surface area contributed by atoms with Gasteiger partial charge >= 0.3 is 6.09 Å². The quantitative estimate of drug-likeness (QED) is 0.883. The van der Waals surface area contributed by atoms with Crippen LogP contribution in [-0.2, 0) is 4.74 Å². The fourth-order valence-corrected chi connectivity index (χ4v) is 3.55. The van der Waals surface area contributed by atoms with Crippen molar-refractivity contribution in [1.82, 2.24) is 9.88 Å². The average Bonchev–Trinajstić information content (AvgIpc) is 2.89. The van der Waals surface area contributed by atoms with Crippen molar-refractivity contribution in [3.8, 4) is 0 Å². The Labute approximate surface area is 144 Å². The topological polar surface area (TPSA) is 45.3 Å². The maximum absolute atomic E-state index is 12.1. The molecule has 2 aromatic rings. The summed E-state index contributed by atoms with van der Waals surface area (Å²) in [5, 5.41) is 1.32. The van der Waals surface area contributed by atoms with Gasteiger partial charge in [0.15, 0.2) is 0 Å². The fraction of sp³-hybridized carbons (Fsp3) is 0.550. The molecule has 130 valence electrons. The van der Waals surface area contributed by atoms with Gasteiger partial charge in [0.1, 0.15) is 0 Å². The third-order valence-corrected chi connectivity index (χ3v) is 4.95. The largest absolute Gasteiger partial charge is 0.449 e. The van der Waals surface area contributed by atoms with Crippen LogP contribution >= 0.6 is 0 Å². The van der Waals surface area contributed by atoms with Crippen molar-refractivity contribution in [2.24, 2.45) is 5.92 Å². The molecule has 2 heterocycles. The van der Waals surface area contributed by atoms with E-state index < -0.39 is 0 Å². The molecule has 1 fully saturated rings. The van der Waals surface area contributed by atoms with E-state index >= 15 is 0 Å². The molecule has 0 saturated carbocycles. The number of ether oxygens (including phenoxy) is 1. The molecular formula is C20H28N2O2. The number of carbonyl (C=O) groups is 1. The van der Waals surface area contributed by atoms with E-state index in [0.717, 1.165) is 25.9 Å². The van der Waals surface area contributed by atoms with Gasteiger partial charge in [0.25, 0.3) is 0 Å². The molecule has 4 nitrogen and oxygen atoms in total. The third-order valence-electron chi connectivity index (χ3n) is 4.95. The minimum atomic E-state index is -0.161. The van der Waals surface area contributed by atoms with Crippen LogP contribution in [0.15, 0.2) is 18.2 Å². The van der Waals surface area contributed by atoms with Crippen LogP contribution in [0.4, 0.5) is 4.79 Å². The first-order valence-electron chi connectivity index (χ1n) is 8.96. The molecule has 24 heavy (non-hydrogen) atoms. The van der Waals surface area contributed by atoms with Gasteiger partial charge in [-0.15, -0.1) is 0 Å². The number of H-pyrrole nitrogens is 1. The van der Waals surface area contributed by atoms with Crippen LogP contribution in [0.3, 0.4) is 0 Å². The van der Waals surface area contributed by atoms with Crippen molar-refractivity contribution < 1.29 is 9.53 Å². The number of hydrogen-bond donors (Lipinski definition) is 1. The van der Waals surface area contributed by atoms with E-state index in [9.17, 15) is 4.79 Å². The average molecular weight is 328 g/mol. The van der Waals surface area contributed by atoms with Crippen LogP contribution in [0.5, 0.6) is 0 Å². The van der Waals surface area contributed by atoms with Crippen LogP contribution in [0, 0.1) is 19.8 Å². The van der Waals surface area contributed by atoms with Crippen molar-refractivity contribution in [2.75, 3.05) is 19.7 Å². The highest BCUT2D eigenvalue weighted by molar-refractivity contribution is 5.85. The van der Waals surface area contributed by atoms with E-state index in [2.05, 4.69) is 50.9 Å². The number of amides is 1. The zero-order valence-electron chi connectivity index (χ0n) is 15.2. The molecule has 1 aliphatic rings. The molecule has 0 radical (unpaired) electrons. The summed E-state index contributed by atoms with van der Waals surface area (Å²) in [5.74, 6) is 0.871. The summed E-state index contributed by atoms with van der Waals surface area (Å²) in [5.41, 5.74) is 5.20. The smallest absolute Gasteiger partial charge is 0.409 e. The first-order valence-corrected chi connectivity index (χ1v) is 8.96. The molecule has 3 rings (SSSR count). The highest BCUT2D eigenvalue weighted by atomic mass is 16.6. The number of aromatic amines is 1. The molecule has 0 bridgehead atoms. The highest BCUT2D eigenvalue weighted by Crippen LogP contribution is 2.33. The zero-order valence-corrected chi connectivity index (χ0v) is 15.2. The Bertz CT molecular complexity index is 725. The summed E-state index contributed by atoms with van der Waals surface area (Å²) < 4.78 is 5.35. The number of aromatic nitrogens is 1. The molecule has 0 unspecified atom stereocenters. The van der Waals surface area contributed by atoms with Gasteiger partial charge in [-0.25, -0.2) is 4.79 Å². The Morgan fingerprint density at radius 2 is 2.00 bits per heavy atom. The predicted molar refractivity (Wildman–Crippen MR) is 97.5 cm³/mol. The number of nitrogens with zero attached hydrogens (tertiary/aromatic N) is 1. The van der Waals surface area contributed by atoms with Gasteiger partial charge in [-0.3, -0.25) is 0 Å². The molecule has 1 aliphatic heterocycles. The number of piperidine rings is 1. The standard InChI is InChI=1S/C20H28N2O2/c1-13(2)12-24-20(23)22-9-7-16(8-10-22)19-15(4)17-11-14(3)5-6-18(17)21-19/h5-6,11,13,16,21H,7-10,12H2,1-4H3. The lowest BCUT2D eigenvalue weighted by molar-refractivity contribution is 0.0832. The maximum Gasteiger partial charge on any atom is 0.409 e. The lowest BCUT2D eigenvalue weighted by Gasteiger charge is -2.31. The second kappa shape index (κ2) is 6.88. The normalized spacial score (nSPS) is 16.1. The van der Waals surface area contributed by atoms with Gasteiger partial charge in [0.05, 0.1) is 6.61 Å². The summed E-state index contributed by atoms with van der Waals surface area (Å²) in [6, 6.07) is 6.57. The molecule has 1 N–H and O–H groups in total. The molecule has 1 aromatic heterocycles. The van der Waals surface area contributed by atoms with E-state index in [1.54, 1.807) is 0 Å². The summed E-state index contributed by atoms with van der Waals surface area (Å²) in [4.78, 5) is 17.5. The molecule has 0 atom stereocenters. The molecular weight excluding hydrogens is 300 g/mol. The lowest BCUT2D eigenvalue weighted by Crippen LogP contribution is -2.38. The van der Waals surface area contributed by atoms with Crippen LogP contribution in [0.1, 0.15) is 49.4 Å². The summed E-state index contributed by atoms with van der Waals surface area (Å²) >= 11 is 0. The van der Waals surface area contributed by atoms with Crippen molar-refractivity contribution in [2.45, 2.75) is 46.5 Å². The predicted octanol–water partition coefficient (Wildman–Crippen LogP) is 4.76. The van der Waals surface area contributed by atoms with Gasteiger partial charge in [-0.2, -0.15) is 0 Å². The second-order valence-corrected chi connectivity index (χ2v) is 7.44. The Morgan fingerprint density at radius 1 is 1.29 bits per heavy atom. The highest BCUT2D eigenvalue weighted by Gasteiger charge is 2.27. The van der Waals surface area contributed by atoms with E-state index in [-0.39, 0.29) is 6.09 Å². The maximum atomic E-state index is 12.1. The van der Waals surface area contributed by atoms with Gasteiger partial charge in [0.2, 0.25) is 0 Å². The molecule has 0 spiro atoms. The number of likely N-dealkylation sites (tertiary alicyclic amines) is 1. The molecule has 1 amide bonds. The number of nitrogens with one attached hydrogen (secondary N) is 1. The molecule has 4 heteroatoms. The fourth-order valence-electron chi connectivity index (χ4n) is 3.55.